The number of carbonyl (C=O) groups excluding carboxylic acids is 1. The number of aromatic hydroxyl groups is 1. The molecule has 0 saturated carbocycles. The molecule has 0 aliphatic heterocycles. The van der Waals surface area contributed by atoms with Crippen LogP contribution in [-0.4, -0.2) is 17.6 Å². The van der Waals surface area contributed by atoms with Crippen LogP contribution >= 0.6 is 11.6 Å². The van der Waals surface area contributed by atoms with Crippen molar-refractivity contribution in [1.29, 1.82) is 0 Å². The van der Waals surface area contributed by atoms with Crippen molar-refractivity contribution in [2.75, 3.05) is 6.54 Å². The second-order valence-electron chi connectivity index (χ2n) is 4.30. The standard InChI is InChI=1S/C15H13ClFNO2/c16-13-9-11(3-6-14(13)17)15(20)18-8-7-10-1-4-12(19)5-2-10/h1-6,9,19H,7-8H2,(H,18,20). The first-order valence-corrected chi connectivity index (χ1v) is 6.45. The van der Waals surface area contributed by atoms with Gasteiger partial charge in [0.15, 0.2) is 0 Å². The van der Waals surface area contributed by atoms with E-state index in [1.165, 1.54) is 12.1 Å². The van der Waals surface area contributed by atoms with E-state index in [0.717, 1.165) is 11.6 Å². The fourth-order valence-electron chi connectivity index (χ4n) is 1.72. The molecule has 2 aromatic rings. The lowest BCUT2D eigenvalue weighted by Gasteiger charge is -2.06. The number of rotatable bonds is 4. The smallest absolute Gasteiger partial charge is 0.251 e. The Morgan fingerprint density at radius 3 is 2.55 bits per heavy atom. The molecule has 5 heteroatoms. The highest BCUT2D eigenvalue weighted by atomic mass is 35.5. The van der Waals surface area contributed by atoms with Crippen molar-refractivity contribution in [3.63, 3.8) is 0 Å². The zero-order valence-corrected chi connectivity index (χ0v) is 11.3. The number of hydrogen-bond acceptors (Lipinski definition) is 2. The first kappa shape index (κ1) is 14.3. The SMILES string of the molecule is O=C(NCCc1ccc(O)cc1)c1ccc(F)c(Cl)c1. The lowest BCUT2D eigenvalue weighted by Crippen LogP contribution is -2.25. The predicted molar refractivity (Wildman–Crippen MR) is 75.6 cm³/mol. The van der Waals surface area contributed by atoms with Gasteiger partial charge in [-0.05, 0) is 42.3 Å². The predicted octanol–water partition coefficient (Wildman–Crippen LogP) is 3.16. The monoisotopic (exact) mass is 293 g/mol. The van der Waals surface area contributed by atoms with Gasteiger partial charge in [-0.3, -0.25) is 4.79 Å². The highest BCUT2D eigenvalue weighted by Crippen LogP contribution is 2.16. The Bertz CT molecular complexity index is 614. The highest BCUT2D eigenvalue weighted by Gasteiger charge is 2.08. The topological polar surface area (TPSA) is 49.3 Å². The van der Waals surface area contributed by atoms with Crippen molar-refractivity contribution in [3.8, 4) is 5.75 Å². The largest absolute Gasteiger partial charge is 0.508 e. The van der Waals surface area contributed by atoms with Crippen LogP contribution in [0.4, 0.5) is 4.39 Å². The average molecular weight is 294 g/mol. The molecular formula is C15H13ClFNO2. The van der Waals surface area contributed by atoms with Crippen LogP contribution in [0.3, 0.4) is 0 Å². The first-order chi connectivity index (χ1) is 9.56. The molecule has 0 heterocycles. The molecule has 0 spiro atoms. The molecule has 0 atom stereocenters. The second-order valence-corrected chi connectivity index (χ2v) is 4.71. The van der Waals surface area contributed by atoms with Crippen molar-refractivity contribution in [1.82, 2.24) is 5.32 Å². The number of carbonyl (C=O) groups is 1. The van der Waals surface area contributed by atoms with Gasteiger partial charge in [-0.15, -0.1) is 0 Å². The van der Waals surface area contributed by atoms with Crippen LogP contribution < -0.4 is 5.32 Å². The quantitative estimate of drug-likeness (QED) is 0.910. The summed E-state index contributed by atoms with van der Waals surface area (Å²) in [5.41, 5.74) is 1.32. The Labute approximate surface area is 121 Å². The Balaban J connectivity index is 1.88. The summed E-state index contributed by atoms with van der Waals surface area (Å²) in [5, 5.41) is 11.8. The maximum absolute atomic E-state index is 13.0. The van der Waals surface area contributed by atoms with Crippen LogP contribution in [0.2, 0.25) is 5.02 Å². The van der Waals surface area contributed by atoms with Gasteiger partial charge in [-0.1, -0.05) is 23.7 Å². The Kier molecular flexibility index (Phi) is 4.58. The van der Waals surface area contributed by atoms with E-state index in [9.17, 15) is 9.18 Å². The third-order valence-corrected chi connectivity index (χ3v) is 3.11. The van der Waals surface area contributed by atoms with E-state index < -0.39 is 5.82 Å². The zero-order chi connectivity index (χ0) is 14.5. The number of amides is 1. The maximum Gasteiger partial charge on any atom is 0.251 e. The molecule has 3 nitrogen and oxygen atoms in total. The minimum Gasteiger partial charge on any atom is -0.508 e. The number of benzene rings is 2. The summed E-state index contributed by atoms with van der Waals surface area (Å²) in [6, 6.07) is 10.6. The Hall–Kier alpha value is -2.07. The molecule has 0 bridgehead atoms. The first-order valence-electron chi connectivity index (χ1n) is 6.07. The number of hydrogen-bond donors (Lipinski definition) is 2. The lowest BCUT2D eigenvalue weighted by molar-refractivity contribution is 0.0954. The Morgan fingerprint density at radius 1 is 1.20 bits per heavy atom. The molecule has 0 aliphatic carbocycles. The van der Waals surface area contributed by atoms with Crippen LogP contribution in [0.25, 0.3) is 0 Å². The van der Waals surface area contributed by atoms with Gasteiger partial charge in [-0.25, -0.2) is 4.39 Å². The minimum absolute atomic E-state index is 0.0730. The van der Waals surface area contributed by atoms with Gasteiger partial charge in [0, 0.05) is 12.1 Å². The van der Waals surface area contributed by atoms with Gasteiger partial charge in [0.2, 0.25) is 0 Å². The Morgan fingerprint density at radius 2 is 1.90 bits per heavy atom. The average Bonchev–Trinajstić information content (AvgIpc) is 2.44. The van der Waals surface area contributed by atoms with Gasteiger partial charge < -0.3 is 10.4 Å². The lowest BCUT2D eigenvalue weighted by atomic mass is 10.1. The molecule has 2 N–H and O–H groups in total. The van der Waals surface area contributed by atoms with Gasteiger partial charge in [-0.2, -0.15) is 0 Å². The summed E-state index contributed by atoms with van der Waals surface area (Å²) in [7, 11) is 0. The molecule has 1 amide bonds. The third-order valence-electron chi connectivity index (χ3n) is 2.82. The van der Waals surface area contributed by atoms with Crippen LogP contribution in [0.15, 0.2) is 42.5 Å². The van der Waals surface area contributed by atoms with E-state index in [4.69, 9.17) is 16.7 Å². The molecule has 0 saturated heterocycles. The van der Waals surface area contributed by atoms with Crippen LogP contribution in [-0.2, 0) is 6.42 Å². The minimum atomic E-state index is -0.549. The third kappa shape index (κ3) is 3.71. The molecule has 0 aromatic heterocycles. The fourth-order valence-corrected chi connectivity index (χ4v) is 1.90. The molecular weight excluding hydrogens is 281 g/mol. The van der Waals surface area contributed by atoms with Crippen molar-refractivity contribution in [2.45, 2.75) is 6.42 Å². The fraction of sp³-hybridized carbons (Fsp3) is 0.133. The molecule has 0 fully saturated rings. The van der Waals surface area contributed by atoms with E-state index in [1.54, 1.807) is 24.3 Å². The van der Waals surface area contributed by atoms with Crippen LogP contribution in [0.1, 0.15) is 15.9 Å². The van der Waals surface area contributed by atoms with Crippen LogP contribution in [0, 0.1) is 5.82 Å². The molecule has 0 aliphatic rings. The molecule has 0 unspecified atom stereocenters. The van der Waals surface area contributed by atoms with E-state index in [2.05, 4.69) is 5.32 Å². The van der Waals surface area contributed by atoms with Crippen molar-refractivity contribution >= 4 is 17.5 Å². The number of nitrogens with one attached hydrogen (secondary N) is 1. The molecule has 20 heavy (non-hydrogen) atoms. The van der Waals surface area contributed by atoms with Gasteiger partial charge in [0.25, 0.3) is 5.91 Å². The van der Waals surface area contributed by atoms with E-state index in [-0.39, 0.29) is 16.7 Å². The molecule has 104 valence electrons. The van der Waals surface area contributed by atoms with E-state index in [0.29, 0.717) is 18.5 Å². The maximum atomic E-state index is 13.0. The number of halogens is 2. The summed E-state index contributed by atoms with van der Waals surface area (Å²) in [5.74, 6) is -0.642. The summed E-state index contributed by atoms with van der Waals surface area (Å²) in [6.07, 6.45) is 0.640. The summed E-state index contributed by atoms with van der Waals surface area (Å²) in [6.45, 7) is 0.443. The van der Waals surface area contributed by atoms with Gasteiger partial charge in [0.05, 0.1) is 5.02 Å². The second kappa shape index (κ2) is 6.39. The van der Waals surface area contributed by atoms with Gasteiger partial charge >= 0.3 is 0 Å². The summed E-state index contributed by atoms with van der Waals surface area (Å²) in [4.78, 5) is 11.8. The van der Waals surface area contributed by atoms with Crippen molar-refractivity contribution < 1.29 is 14.3 Å². The molecule has 2 rings (SSSR count). The summed E-state index contributed by atoms with van der Waals surface area (Å²) >= 11 is 5.62. The molecule has 2 aromatic carbocycles. The van der Waals surface area contributed by atoms with Gasteiger partial charge in [0.1, 0.15) is 11.6 Å². The summed E-state index contributed by atoms with van der Waals surface area (Å²) < 4.78 is 13.0. The van der Waals surface area contributed by atoms with Crippen molar-refractivity contribution in [3.05, 3.63) is 64.4 Å². The van der Waals surface area contributed by atoms with Crippen molar-refractivity contribution in [2.24, 2.45) is 0 Å². The molecule has 0 radical (unpaired) electrons. The normalized spacial score (nSPS) is 10.3. The number of phenolic OH excluding ortho intramolecular Hbond substituents is 1. The van der Waals surface area contributed by atoms with Crippen LogP contribution in [0.5, 0.6) is 5.75 Å². The highest BCUT2D eigenvalue weighted by molar-refractivity contribution is 6.31. The van der Waals surface area contributed by atoms with E-state index in [1.807, 2.05) is 0 Å². The number of phenols is 1. The van der Waals surface area contributed by atoms with E-state index >= 15 is 0 Å². The zero-order valence-electron chi connectivity index (χ0n) is 10.6.